The molecule has 3 rings (SSSR count). The Morgan fingerprint density at radius 1 is 1.18 bits per heavy atom. The van der Waals surface area contributed by atoms with Crippen LogP contribution in [-0.2, 0) is 10.2 Å². The molecule has 116 valence electrons. The summed E-state index contributed by atoms with van der Waals surface area (Å²) < 4.78 is 1.02. The lowest BCUT2D eigenvalue weighted by atomic mass is 9.64. The van der Waals surface area contributed by atoms with Gasteiger partial charge in [0.1, 0.15) is 5.82 Å². The third kappa shape index (κ3) is 3.10. The second-order valence-corrected chi connectivity index (χ2v) is 6.28. The normalized spacial score (nSPS) is 15.3. The number of carbonyl (C=O) groups excluding carboxylic acids is 1. The van der Waals surface area contributed by atoms with Crippen LogP contribution in [0.15, 0.2) is 47.1 Å². The molecule has 0 aliphatic heterocycles. The van der Waals surface area contributed by atoms with Crippen LogP contribution in [0.4, 0.5) is 11.5 Å². The Morgan fingerprint density at radius 2 is 1.86 bits per heavy atom. The van der Waals surface area contributed by atoms with Gasteiger partial charge in [0, 0.05) is 4.47 Å². The molecule has 0 bridgehead atoms. The van der Waals surface area contributed by atoms with E-state index in [0.717, 1.165) is 29.3 Å². The van der Waals surface area contributed by atoms with Gasteiger partial charge in [-0.2, -0.15) is 0 Å². The van der Waals surface area contributed by atoms with Crippen LogP contribution in [0, 0.1) is 0 Å². The van der Waals surface area contributed by atoms with Crippen LogP contribution >= 0.6 is 28.3 Å². The average Bonchev–Trinajstić information content (AvgIpc) is 2.42. The van der Waals surface area contributed by atoms with E-state index in [1.54, 1.807) is 18.3 Å². The van der Waals surface area contributed by atoms with E-state index in [9.17, 15) is 4.79 Å². The minimum absolute atomic E-state index is 0. The number of pyridine rings is 1. The zero-order chi connectivity index (χ0) is 14.9. The molecule has 22 heavy (non-hydrogen) atoms. The fourth-order valence-corrected chi connectivity index (χ4v) is 2.94. The first-order chi connectivity index (χ1) is 10.1. The van der Waals surface area contributed by atoms with Crippen molar-refractivity contribution in [3.8, 4) is 0 Å². The van der Waals surface area contributed by atoms with Crippen molar-refractivity contribution in [3.05, 3.63) is 52.6 Å². The van der Waals surface area contributed by atoms with Crippen molar-refractivity contribution in [3.63, 3.8) is 0 Å². The number of anilines is 2. The van der Waals surface area contributed by atoms with Crippen LogP contribution in [0.5, 0.6) is 0 Å². The highest BCUT2D eigenvalue weighted by Gasteiger charge is 2.45. The van der Waals surface area contributed by atoms with Crippen molar-refractivity contribution >= 4 is 45.7 Å². The van der Waals surface area contributed by atoms with E-state index in [2.05, 4.69) is 26.2 Å². The molecule has 1 amide bonds. The van der Waals surface area contributed by atoms with Gasteiger partial charge in [0.2, 0.25) is 5.91 Å². The van der Waals surface area contributed by atoms with Gasteiger partial charge >= 0.3 is 0 Å². The Bertz CT molecular complexity index is 654. The molecular weight excluding hydrogens is 366 g/mol. The van der Waals surface area contributed by atoms with Gasteiger partial charge in [-0.15, -0.1) is 12.4 Å². The Labute approximate surface area is 144 Å². The van der Waals surface area contributed by atoms with Crippen LogP contribution in [-0.4, -0.2) is 10.9 Å². The zero-order valence-corrected chi connectivity index (χ0v) is 14.3. The van der Waals surface area contributed by atoms with E-state index in [4.69, 9.17) is 5.73 Å². The maximum Gasteiger partial charge on any atom is 0.235 e. The van der Waals surface area contributed by atoms with E-state index >= 15 is 0 Å². The number of hydrogen-bond donors (Lipinski definition) is 2. The first-order valence-corrected chi connectivity index (χ1v) is 7.68. The van der Waals surface area contributed by atoms with E-state index in [-0.39, 0.29) is 18.3 Å². The van der Waals surface area contributed by atoms with E-state index in [1.165, 1.54) is 0 Å². The van der Waals surface area contributed by atoms with Crippen LogP contribution in [0.1, 0.15) is 24.8 Å². The lowest BCUT2D eigenvalue weighted by Gasteiger charge is -2.40. The number of carbonyl (C=O) groups is 1. The minimum Gasteiger partial charge on any atom is -0.384 e. The number of nitrogens with one attached hydrogen (secondary N) is 1. The molecule has 4 nitrogen and oxygen atoms in total. The van der Waals surface area contributed by atoms with Gasteiger partial charge in [-0.25, -0.2) is 4.98 Å². The topological polar surface area (TPSA) is 68.0 Å². The summed E-state index contributed by atoms with van der Waals surface area (Å²) in [6.45, 7) is 0. The van der Waals surface area contributed by atoms with Crippen LogP contribution in [0.25, 0.3) is 0 Å². The van der Waals surface area contributed by atoms with Gasteiger partial charge in [-0.3, -0.25) is 4.79 Å². The highest BCUT2D eigenvalue weighted by molar-refractivity contribution is 9.10. The number of nitrogens with zero attached hydrogens (tertiary/aromatic N) is 1. The van der Waals surface area contributed by atoms with Gasteiger partial charge < -0.3 is 11.1 Å². The molecule has 1 aromatic heterocycles. The zero-order valence-electron chi connectivity index (χ0n) is 11.9. The van der Waals surface area contributed by atoms with Gasteiger partial charge in [-0.05, 0) is 42.7 Å². The number of nitrogens with two attached hydrogens (primary N) is 1. The number of amides is 1. The summed E-state index contributed by atoms with van der Waals surface area (Å²) in [4.78, 5) is 16.7. The summed E-state index contributed by atoms with van der Waals surface area (Å²) in [6.07, 6.45) is 4.41. The lowest BCUT2D eigenvalue weighted by Crippen LogP contribution is -2.46. The number of rotatable bonds is 3. The average molecular weight is 383 g/mol. The van der Waals surface area contributed by atoms with Crippen LogP contribution in [0.2, 0.25) is 0 Å². The maximum atomic E-state index is 12.7. The van der Waals surface area contributed by atoms with Crippen molar-refractivity contribution < 1.29 is 4.79 Å². The summed E-state index contributed by atoms with van der Waals surface area (Å²) in [5, 5.41) is 2.96. The number of hydrogen-bond acceptors (Lipinski definition) is 3. The standard InChI is InChI=1S/C16H16BrN3O.ClH/c17-12-4-2-11(3-5-12)16(8-1-9-16)15(21)20-13-6-7-14(18)19-10-13;/h2-7,10H,1,8-9H2,(H2,18,19)(H,20,21);1H. The number of nitrogen functional groups attached to an aromatic ring is 1. The van der Waals surface area contributed by atoms with Crippen molar-refractivity contribution in [1.29, 1.82) is 0 Å². The first kappa shape index (κ1) is 16.8. The Hall–Kier alpha value is -1.59. The lowest BCUT2D eigenvalue weighted by molar-refractivity contribution is -0.124. The highest BCUT2D eigenvalue weighted by atomic mass is 79.9. The summed E-state index contributed by atoms with van der Waals surface area (Å²) in [7, 11) is 0. The fourth-order valence-electron chi connectivity index (χ4n) is 2.68. The third-order valence-corrected chi connectivity index (χ3v) is 4.61. The SMILES string of the molecule is Cl.Nc1ccc(NC(=O)C2(c3ccc(Br)cc3)CCC2)cn1. The molecular formula is C16H17BrClN3O. The van der Waals surface area contributed by atoms with E-state index in [0.29, 0.717) is 11.5 Å². The molecule has 1 aliphatic rings. The molecule has 6 heteroatoms. The summed E-state index contributed by atoms with van der Waals surface area (Å²) in [6, 6.07) is 11.5. The van der Waals surface area contributed by atoms with Gasteiger partial charge in [0.05, 0.1) is 17.3 Å². The maximum absolute atomic E-state index is 12.7. The van der Waals surface area contributed by atoms with Gasteiger partial charge in [0.25, 0.3) is 0 Å². The monoisotopic (exact) mass is 381 g/mol. The molecule has 1 saturated carbocycles. The molecule has 3 N–H and O–H groups in total. The van der Waals surface area contributed by atoms with Crippen molar-refractivity contribution in [2.24, 2.45) is 0 Å². The molecule has 0 unspecified atom stereocenters. The van der Waals surface area contributed by atoms with E-state index in [1.807, 2.05) is 24.3 Å². The fraction of sp³-hybridized carbons (Fsp3) is 0.250. The first-order valence-electron chi connectivity index (χ1n) is 6.89. The molecule has 0 radical (unpaired) electrons. The molecule has 0 spiro atoms. The predicted molar refractivity (Wildman–Crippen MR) is 94.2 cm³/mol. The quantitative estimate of drug-likeness (QED) is 0.845. The molecule has 1 aromatic carbocycles. The third-order valence-electron chi connectivity index (χ3n) is 4.08. The number of halogens is 2. The van der Waals surface area contributed by atoms with Crippen molar-refractivity contribution in [2.75, 3.05) is 11.1 Å². The Kier molecular flexibility index (Phi) is 5.08. The Balaban J connectivity index is 0.00000176. The number of aromatic nitrogens is 1. The predicted octanol–water partition coefficient (Wildman–Crippen LogP) is 3.91. The van der Waals surface area contributed by atoms with Crippen LogP contribution < -0.4 is 11.1 Å². The minimum atomic E-state index is -0.415. The molecule has 1 heterocycles. The van der Waals surface area contributed by atoms with Gasteiger partial charge in [-0.1, -0.05) is 34.5 Å². The highest BCUT2D eigenvalue weighted by Crippen LogP contribution is 2.44. The molecule has 0 atom stereocenters. The van der Waals surface area contributed by atoms with E-state index < -0.39 is 5.41 Å². The van der Waals surface area contributed by atoms with Crippen molar-refractivity contribution in [1.82, 2.24) is 4.98 Å². The van der Waals surface area contributed by atoms with Crippen LogP contribution in [0.3, 0.4) is 0 Å². The molecule has 2 aromatic rings. The van der Waals surface area contributed by atoms with Gasteiger partial charge in [0.15, 0.2) is 0 Å². The Morgan fingerprint density at radius 3 is 2.36 bits per heavy atom. The molecule has 1 fully saturated rings. The summed E-state index contributed by atoms with van der Waals surface area (Å²) in [5.41, 5.74) is 6.89. The summed E-state index contributed by atoms with van der Waals surface area (Å²) >= 11 is 3.43. The molecule has 1 aliphatic carbocycles. The number of benzene rings is 1. The summed E-state index contributed by atoms with van der Waals surface area (Å²) in [5.74, 6) is 0.474. The second kappa shape index (κ2) is 6.67. The largest absolute Gasteiger partial charge is 0.384 e. The second-order valence-electron chi connectivity index (χ2n) is 5.37. The molecule has 0 saturated heterocycles. The smallest absolute Gasteiger partial charge is 0.235 e. The van der Waals surface area contributed by atoms with Crippen molar-refractivity contribution in [2.45, 2.75) is 24.7 Å².